The molecule has 0 aliphatic heterocycles. The summed E-state index contributed by atoms with van der Waals surface area (Å²) in [5, 5.41) is 3.69. The smallest absolute Gasteiger partial charge is 0.251 e. The largest absolute Gasteiger partial charge is 0.351 e. The van der Waals surface area contributed by atoms with Crippen LogP contribution in [0.4, 0.5) is 0 Å². The Morgan fingerprint density at radius 2 is 2.16 bits per heavy atom. The van der Waals surface area contributed by atoms with Crippen molar-refractivity contribution < 1.29 is 4.79 Å². The number of halogens is 2. The van der Waals surface area contributed by atoms with Gasteiger partial charge in [-0.1, -0.05) is 24.4 Å². The van der Waals surface area contributed by atoms with Crippen LogP contribution in [0, 0.1) is 3.57 Å². The molecule has 0 spiro atoms. The maximum Gasteiger partial charge on any atom is 0.251 e. The van der Waals surface area contributed by atoms with E-state index in [-0.39, 0.29) is 10.7 Å². The zero-order valence-electron chi connectivity index (χ0n) is 10.8. The number of amides is 1. The highest BCUT2D eigenvalue weighted by molar-refractivity contribution is 14.1. The van der Waals surface area contributed by atoms with Crippen LogP contribution in [-0.4, -0.2) is 23.5 Å². The van der Waals surface area contributed by atoms with Crippen LogP contribution in [0.1, 0.15) is 36.0 Å². The molecular weight excluding hydrogens is 393 g/mol. The Morgan fingerprint density at radius 1 is 1.47 bits per heavy atom. The van der Waals surface area contributed by atoms with Crippen LogP contribution < -0.4 is 5.32 Å². The van der Waals surface area contributed by atoms with Crippen molar-refractivity contribution in [2.75, 3.05) is 12.8 Å². The van der Waals surface area contributed by atoms with E-state index in [0.29, 0.717) is 10.6 Å². The zero-order valence-corrected chi connectivity index (χ0v) is 14.6. The van der Waals surface area contributed by atoms with E-state index in [1.165, 1.54) is 25.7 Å². The van der Waals surface area contributed by atoms with Crippen LogP contribution in [0.2, 0.25) is 5.02 Å². The Labute approximate surface area is 137 Å². The molecule has 0 radical (unpaired) electrons. The molecule has 1 N–H and O–H groups in total. The van der Waals surface area contributed by atoms with Gasteiger partial charge in [0.25, 0.3) is 5.91 Å². The van der Waals surface area contributed by atoms with Gasteiger partial charge in [0, 0.05) is 20.4 Å². The SMILES string of the molecule is CSC1(CNC(=O)c2ccc(I)c(Cl)c2)CCCC1. The van der Waals surface area contributed by atoms with Gasteiger partial charge in [-0.3, -0.25) is 4.79 Å². The fourth-order valence-electron chi connectivity index (χ4n) is 2.45. The molecule has 1 aromatic rings. The molecule has 0 bridgehead atoms. The average Bonchev–Trinajstić information content (AvgIpc) is 2.89. The molecule has 1 fully saturated rings. The summed E-state index contributed by atoms with van der Waals surface area (Å²) < 4.78 is 1.20. The van der Waals surface area contributed by atoms with E-state index in [9.17, 15) is 4.79 Å². The van der Waals surface area contributed by atoms with Crippen molar-refractivity contribution in [2.45, 2.75) is 30.4 Å². The van der Waals surface area contributed by atoms with Crippen LogP contribution in [0.3, 0.4) is 0 Å². The van der Waals surface area contributed by atoms with Gasteiger partial charge < -0.3 is 5.32 Å². The Balaban J connectivity index is 1.99. The lowest BCUT2D eigenvalue weighted by Gasteiger charge is -2.26. The average molecular weight is 410 g/mol. The maximum absolute atomic E-state index is 12.1. The van der Waals surface area contributed by atoms with Gasteiger partial charge in [-0.05, 0) is 59.9 Å². The molecule has 2 rings (SSSR count). The predicted octanol–water partition coefficient (Wildman–Crippen LogP) is 4.35. The van der Waals surface area contributed by atoms with Crippen molar-refractivity contribution in [2.24, 2.45) is 0 Å². The third kappa shape index (κ3) is 3.79. The van der Waals surface area contributed by atoms with Crippen molar-refractivity contribution >= 4 is 51.9 Å². The number of benzene rings is 1. The van der Waals surface area contributed by atoms with E-state index in [4.69, 9.17) is 11.6 Å². The van der Waals surface area contributed by atoms with E-state index in [1.54, 1.807) is 6.07 Å². The lowest BCUT2D eigenvalue weighted by atomic mass is 10.1. The first-order valence-electron chi connectivity index (χ1n) is 6.35. The maximum atomic E-state index is 12.1. The molecule has 0 heterocycles. The number of thioether (sulfide) groups is 1. The highest BCUT2D eigenvalue weighted by atomic mass is 127. The first-order valence-corrected chi connectivity index (χ1v) is 9.03. The summed E-state index contributed by atoms with van der Waals surface area (Å²) in [4.78, 5) is 12.1. The molecule has 1 aromatic carbocycles. The monoisotopic (exact) mass is 409 g/mol. The van der Waals surface area contributed by atoms with Gasteiger partial charge in [-0.15, -0.1) is 0 Å². The third-order valence-electron chi connectivity index (χ3n) is 3.70. The number of carbonyl (C=O) groups is 1. The van der Waals surface area contributed by atoms with Crippen molar-refractivity contribution in [1.82, 2.24) is 5.32 Å². The van der Waals surface area contributed by atoms with Crippen LogP contribution in [0.5, 0.6) is 0 Å². The van der Waals surface area contributed by atoms with E-state index in [2.05, 4.69) is 34.2 Å². The summed E-state index contributed by atoms with van der Waals surface area (Å²) in [5.41, 5.74) is 0.639. The molecule has 1 aliphatic carbocycles. The molecule has 0 atom stereocenters. The Morgan fingerprint density at radius 3 is 2.74 bits per heavy atom. The van der Waals surface area contributed by atoms with E-state index >= 15 is 0 Å². The van der Waals surface area contributed by atoms with E-state index in [1.807, 2.05) is 23.9 Å². The van der Waals surface area contributed by atoms with Crippen molar-refractivity contribution in [3.05, 3.63) is 32.4 Å². The molecule has 1 amide bonds. The molecular formula is C14H17ClINOS. The summed E-state index contributed by atoms with van der Waals surface area (Å²) in [6.45, 7) is 0.747. The second kappa shape index (κ2) is 6.68. The first-order chi connectivity index (χ1) is 9.06. The first kappa shape index (κ1) is 15.4. The van der Waals surface area contributed by atoms with Gasteiger partial charge in [0.1, 0.15) is 0 Å². The second-order valence-electron chi connectivity index (χ2n) is 4.91. The number of hydrogen-bond donors (Lipinski definition) is 1. The van der Waals surface area contributed by atoms with Gasteiger partial charge in [-0.25, -0.2) is 0 Å². The summed E-state index contributed by atoms with van der Waals surface area (Å²) in [6.07, 6.45) is 7.07. The van der Waals surface area contributed by atoms with Crippen molar-refractivity contribution in [3.63, 3.8) is 0 Å². The van der Waals surface area contributed by atoms with E-state index < -0.39 is 0 Å². The predicted molar refractivity (Wildman–Crippen MR) is 91.2 cm³/mol. The van der Waals surface area contributed by atoms with Gasteiger partial charge in [0.2, 0.25) is 0 Å². The number of hydrogen-bond acceptors (Lipinski definition) is 2. The molecule has 0 saturated heterocycles. The molecule has 19 heavy (non-hydrogen) atoms. The molecule has 5 heteroatoms. The van der Waals surface area contributed by atoms with Gasteiger partial charge in [0.05, 0.1) is 5.02 Å². The van der Waals surface area contributed by atoms with Crippen LogP contribution in [-0.2, 0) is 0 Å². The Kier molecular flexibility index (Phi) is 5.43. The van der Waals surface area contributed by atoms with Gasteiger partial charge >= 0.3 is 0 Å². The topological polar surface area (TPSA) is 29.1 Å². The minimum atomic E-state index is -0.0291. The highest BCUT2D eigenvalue weighted by Gasteiger charge is 2.33. The van der Waals surface area contributed by atoms with Crippen molar-refractivity contribution in [1.29, 1.82) is 0 Å². The van der Waals surface area contributed by atoms with Crippen molar-refractivity contribution in [3.8, 4) is 0 Å². The minimum Gasteiger partial charge on any atom is -0.351 e. The molecule has 1 aliphatic rings. The number of rotatable bonds is 4. The van der Waals surface area contributed by atoms with Gasteiger partial charge in [0.15, 0.2) is 0 Å². The molecule has 1 saturated carbocycles. The second-order valence-corrected chi connectivity index (χ2v) is 7.75. The molecule has 104 valence electrons. The quantitative estimate of drug-likeness (QED) is 0.749. The summed E-state index contributed by atoms with van der Waals surface area (Å²) in [5.74, 6) is -0.0291. The van der Waals surface area contributed by atoms with Crippen LogP contribution >= 0.6 is 46.0 Å². The Hall–Kier alpha value is 0.0600. The molecule has 0 aromatic heterocycles. The zero-order chi connectivity index (χ0) is 13.9. The van der Waals surface area contributed by atoms with Crippen LogP contribution in [0.15, 0.2) is 18.2 Å². The number of nitrogens with one attached hydrogen (secondary N) is 1. The summed E-state index contributed by atoms with van der Waals surface area (Å²) in [6, 6.07) is 5.43. The molecule has 0 unspecified atom stereocenters. The minimum absolute atomic E-state index is 0.0291. The third-order valence-corrected chi connectivity index (χ3v) is 6.69. The number of carbonyl (C=O) groups excluding carboxylic acids is 1. The molecule has 2 nitrogen and oxygen atoms in total. The fourth-order valence-corrected chi connectivity index (χ4v) is 3.88. The standard InChI is InChI=1S/C14H17ClINOS/c1-19-14(6-2-3-7-14)9-17-13(18)10-4-5-12(16)11(15)8-10/h4-5,8H,2-3,6-7,9H2,1H3,(H,17,18). The highest BCUT2D eigenvalue weighted by Crippen LogP contribution is 2.39. The lowest BCUT2D eigenvalue weighted by Crippen LogP contribution is -2.38. The fraction of sp³-hybridized carbons (Fsp3) is 0.500. The Bertz CT molecular complexity index is 475. The van der Waals surface area contributed by atoms with Crippen LogP contribution in [0.25, 0.3) is 0 Å². The van der Waals surface area contributed by atoms with E-state index in [0.717, 1.165) is 10.1 Å². The van der Waals surface area contributed by atoms with Gasteiger partial charge in [-0.2, -0.15) is 11.8 Å². The summed E-state index contributed by atoms with van der Waals surface area (Å²) in [7, 11) is 0. The normalized spacial score (nSPS) is 17.4. The lowest BCUT2D eigenvalue weighted by molar-refractivity contribution is 0.0949. The summed E-state index contributed by atoms with van der Waals surface area (Å²) >= 11 is 10.1.